The van der Waals surface area contributed by atoms with E-state index in [9.17, 15) is 4.21 Å². The quantitative estimate of drug-likeness (QED) is 0.933. The molecule has 0 aliphatic carbocycles. The molecule has 3 nitrogen and oxygen atoms in total. The molecule has 0 amide bonds. The number of benzene rings is 2. The van der Waals surface area contributed by atoms with Gasteiger partial charge in [-0.1, -0.05) is 30.3 Å². The lowest BCUT2D eigenvalue weighted by Crippen LogP contribution is -2.29. The van der Waals surface area contributed by atoms with Crippen LogP contribution in [0.4, 0.5) is 5.69 Å². The fraction of sp³-hybridized carbons (Fsp3) is 0.294. The topological polar surface area (TPSA) is 38.3 Å². The minimum absolute atomic E-state index is 0.378. The van der Waals surface area contributed by atoms with Crippen LogP contribution >= 0.6 is 0 Å². The molecule has 0 spiro atoms. The maximum atomic E-state index is 11.4. The van der Waals surface area contributed by atoms with E-state index in [1.54, 1.807) is 0 Å². The molecule has 0 saturated carbocycles. The van der Waals surface area contributed by atoms with Gasteiger partial charge in [-0.05, 0) is 37.1 Å². The third-order valence-electron chi connectivity index (χ3n) is 3.61. The second-order valence-electron chi connectivity index (χ2n) is 5.18. The van der Waals surface area contributed by atoms with Gasteiger partial charge in [0, 0.05) is 28.3 Å². The van der Waals surface area contributed by atoms with Gasteiger partial charge >= 0.3 is 0 Å². The molecule has 0 radical (unpaired) electrons. The first-order valence-corrected chi connectivity index (χ1v) is 8.73. The molecule has 1 fully saturated rings. The highest BCUT2D eigenvalue weighted by atomic mass is 32.2. The Morgan fingerprint density at radius 1 is 0.952 bits per heavy atom. The van der Waals surface area contributed by atoms with Crippen LogP contribution in [0.1, 0.15) is 12.8 Å². The smallest absolute Gasteiger partial charge is 0.150 e. The van der Waals surface area contributed by atoms with Gasteiger partial charge in [0.15, 0.2) is 5.75 Å². The van der Waals surface area contributed by atoms with E-state index in [1.807, 2.05) is 54.6 Å². The first-order valence-electron chi connectivity index (χ1n) is 7.25. The summed E-state index contributed by atoms with van der Waals surface area (Å²) in [6, 6.07) is 18.1. The molecular formula is C17H19NO2S. The molecule has 3 rings (SSSR count). The van der Waals surface area contributed by atoms with E-state index in [0.29, 0.717) is 6.04 Å². The molecular weight excluding hydrogens is 282 g/mol. The molecule has 2 aromatic rings. The summed E-state index contributed by atoms with van der Waals surface area (Å²) >= 11 is 0. The predicted molar refractivity (Wildman–Crippen MR) is 87.5 cm³/mol. The summed E-state index contributed by atoms with van der Waals surface area (Å²) in [5.74, 6) is 3.24. The Morgan fingerprint density at radius 3 is 2.38 bits per heavy atom. The molecule has 21 heavy (non-hydrogen) atoms. The molecule has 110 valence electrons. The highest BCUT2D eigenvalue weighted by Crippen LogP contribution is 2.30. The van der Waals surface area contributed by atoms with E-state index in [4.69, 9.17) is 4.74 Å². The van der Waals surface area contributed by atoms with Crippen molar-refractivity contribution in [3.05, 3.63) is 54.6 Å². The zero-order valence-electron chi connectivity index (χ0n) is 11.8. The van der Waals surface area contributed by atoms with Crippen LogP contribution in [0.25, 0.3) is 0 Å². The summed E-state index contributed by atoms with van der Waals surface area (Å²) in [6.45, 7) is 0. The monoisotopic (exact) mass is 301 g/mol. The molecule has 1 N–H and O–H groups in total. The van der Waals surface area contributed by atoms with E-state index >= 15 is 0 Å². The molecule has 0 atom stereocenters. The van der Waals surface area contributed by atoms with Crippen LogP contribution in [0.2, 0.25) is 0 Å². The van der Waals surface area contributed by atoms with E-state index in [0.717, 1.165) is 41.5 Å². The Balaban J connectivity index is 1.72. The van der Waals surface area contributed by atoms with Crippen molar-refractivity contribution in [3.8, 4) is 11.5 Å². The van der Waals surface area contributed by atoms with Gasteiger partial charge < -0.3 is 10.1 Å². The van der Waals surface area contributed by atoms with Gasteiger partial charge in [0.1, 0.15) is 5.75 Å². The fourth-order valence-corrected chi connectivity index (χ4v) is 3.75. The number of nitrogens with one attached hydrogen (secondary N) is 1. The molecule has 2 aromatic carbocycles. The molecule has 1 aliphatic rings. The number of hydrogen-bond donors (Lipinski definition) is 1. The van der Waals surface area contributed by atoms with Gasteiger partial charge in [-0.25, -0.2) is 0 Å². The molecule has 0 aromatic heterocycles. The van der Waals surface area contributed by atoms with E-state index in [2.05, 4.69) is 5.32 Å². The normalized spacial score (nSPS) is 21.7. The number of para-hydroxylation sites is 3. The molecule has 0 unspecified atom stereocenters. The predicted octanol–water partition coefficient (Wildman–Crippen LogP) is 3.80. The van der Waals surface area contributed by atoms with Crippen molar-refractivity contribution in [1.29, 1.82) is 0 Å². The molecule has 1 saturated heterocycles. The van der Waals surface area contributed by atoms with E-state index < -0.39 is 10.8 Å². The van der Waals surface area contributed by atoms with Crippen LogP contribution in [0.5, 0.6) is 11.5 Å². The lowest BCUT2D eigenvalue weighted by Gasteiger charge is -2.24. The van der Waals surface area contributed by atoms with Crippen molar-refractivity contribution in [1.82, 2.24) is 0 Å². The van der Waals surface area contributed by atoms with Crippen LogP contribution in [0.3, 0.4) is 0 Å². The van der Waals surface area contributed by atoms with Gasteiger partial charge in [-0.2, -0.15) is 0 Å². The summed E-state index contributed by atoms with van der Waals surface area (Å²) in [5.41, 5.74) is 0.999. The highest BCUT2D eigenvalue weighted by Gasteiger charge is 2.18. The first kappa shape index (κ1) is 14.1. The lowest BCUT2D eigenvalue weighted by molar-refractivity contribution is 0.483. The van der Waals surface area contributed by atoms with Crippen molar-refractivity contribution in [2.75, 3.05) is 16.8 Å². The second kappa shape index (κ2) is 6.76. The third-order valence-corrected chi connectivity index (χ3v) is 4.99. The van der Waals surface area contributed by atoms with Gasteiger partial charge in [0.25, 0.3) is 0 Å². The molecule has 0 bridgehead atoms. The van der Waals surface area contributed by atoms with Crippen LogP contribution in [0.15, 0.2) is 54.6 Å². The van der Waals surface area contributed by atoms with E-state index in [1.165, 1.54) is 0 Å². The van der Waals surface area contributed by atoms with Gasteiger partial charge in [0.05, 0.1) is 5.69 Å². The average Bonchev–Trinajstić information content (AvgIpc) is 2.52. The van der Waals surface area contributed by atoms with Crippen LogP contribution < -0.4 is 10.1 Å². The van der Waals surface area contributed by atoms with Crippen LogP contribution in [-0.2, 0) is 10.8 Å². The standard InChI is InChI=1S/C17H19NO2S/c19-21-12-10-14(11-13-21)18-16-8-4-5-9-17(16)20-15-6-2-1-3-7-15/h1-9,14,18H,10-13H2. The number of rotatable bonds is 4. The minimum Gasteiger partial charge on any atom is -0.455 e. The summed E-state index contributed by atoms with van der Waals surface area (Å²) in [7, 11) is -0.627. The zero-order valence-corrected chi connectivity index (χ0v) is 12.6. The largest absolute Gasteiger partial charge is 0.455 e. The maximum Gasteiger partial charge on any atom is 0.150 e. The summed E-state index contributed by atoms with van der Waals surface area (Å²) in [4.78, 5) is 0. The highest BCUT2D eigenvalue weighted by molar-refractivity contribution is 7.85. The Hall–Kier alpha value is -1.81. The number of anilines is 1. The second-order valence-corrected chi connectivity index (χ2v) is 6.87. The third kappa shape index (κ3) is 3.85. The van der Waals surface area contributed by atoms with Crippen LogP contribution in [-0.4, -0.2) is 21.8 Å². The molecule has 1 heterocycles. The van der Waals surface area contributed by atoms with Crippen molar-refractivity contribution < 1.29 is 8.95 Å². The van der Waals surface area contributed by atoms with Gasteiger partial charge in [0.2, 0.25) is 0 Å². The van der Waals surface area contributed by atoms with Crippen molar-refractivity contribution >= 4 is 16.5 Å². The number of ether oxygens (including phenoxy) is 1. The average molecular weight is 301 g/mol. The van der Waals surface area contributed by atoms with Crippen molar-refractivity contribution in [3.63, 3.8) is 0 Å². The van der Waals surface area contributed by atoms with Gasteiger partial charge in [-0.3, -0.25) is 4.21 Å². The Bertz CT molecular complexity index is 605. The Morgan fingerprint density at radius 2 is 1.62 bits per heavy atom. The first-order chi connectivity index (χ1) is 10.3. The number of hydrogen-bond acceptors (Lipinski definition) is 3. The lowest BCUT2D eigenvalue weighted by atomic mass is 10.1. The van der Waals surface area contributed by atoms with Crippen LogP contribution in [0, 0.1) is 0 Å². The maximum absolute atomic E-state index is 11.4. The minimum atomic E-state index is -0.627. The SMILES string of the molecule is O=S1CCC(Nc2ccccc2Oc2ccccc2)CC1. The fourth-order valence-electron chi connectivity index (χ4n) is 2.45. The summed E-state index contributed by atoms with van der Waals surface area (Å²) in [5, 5.41) is 3.53. The molecule has 1 aliphatic heterocycles. The van der Waals surface area contributed by atoms with E-state index in [-0.39, 0.29) is 0 Å². The summed E-state index contributed by atoms with van der Waals surface area (Å²) < 4.78 is 17.4. The zero-order chi connectivity index (χ0) is 14.5. The molecule has 4 heteroatoms. The van der Waals surface area contributed by atoms with Crippen molar-refractivity contribution in [2.24, 2.45) is 0 Å². The Labute approximate surface area is 127 Å². The van der Waals surface area contributed by atoms with Crippen molar-refractivity contribution in [2.45, 2.75) is 18.9 Å². The van der Waals surface area contributed by atoms with Gasteiger partial charge in [-0.15, -0.1) is 0 Å². The Kier molecular flexibility index (Phi) is 4.55. The summed E-state index contributed by atoms with van der Waals surface area (Å²) in [6.07, 6.45) is 1.90.